The number of hydrogen-bond donors (Lipinski definition) is 4. The second-order valence-corrected chi connectivity index (χ2v) is 17.0. The third-order valence-electron chi connectivity index (χ3n) is 9.98. The maximum absolute atomic E-state index is 14.3. The Bertz CT molecular complexity index is 1930. The molecular weight excluding hydrogens is 666 g/mol. The molecule has 6 rings (SSSR count). The van der Waals surface area contributed by atoms with E-state index in [1.54, 1.807) is 39.0 Å². The van der Waals surface area contributed by atoms with E-state index in [4.69, 9.17) is 4.42 Å². The van der Waals surface area contributed by atoms with Crippen molar-refractivity contribution in [1.82, 2.24) is 25.6 Å². The van der Waals surface area contributed by atoms with Crippen molar-refractivity contribution in [1.29, 1.82) is 0 Å². The summed E-state index contributed by atoms with van der Waals surface area (Å²) in [5.74, 6) is -3.51. The van der Waals surface area contributed by atoms with Gasteiger partial charge in [0.2, 0.25) is 33.2 Å². The lowest BCUT2D eigenvalue weighted by Gasteiger charge is -2.35. The lowest BCUT2D eigenvalue weighted by atomic mass is 9.85. The first-order chi connectivity index (χ1) is 23.5. The van der Waals surface area contributed by atoms with E-state index in [-0.39, 0.29) is 48.6 Å². The normalized spacial score (nSPS) is 25.3. The van der Waals surface area contributed by atoms with E-state index >= 15 is 0 Å². The quantitative estimate of drug-likeness (QED) is 0.236. The van der Waals surface area contributed by atoms with Gasteiger partial charge in [0.15, 0.2) is 0 Å². The largest absolute Gasteiger partial charge is 0.463 e. The number of benzene rings is 1. The SMILES string of the molecule is C=CC1CC1(NC(=O)[C@@H]1C[C@@H](NC(=O)c2coc3ccccc3c2=O)CN1C(=O)[C@@H](NC(=O)CC1CC1)C(C)(C)C)C(=O)NS(=O)(=O)C1CC1. The van der Waals surface area contributed by atoms with Crippen molar-refractivity contribution in [3.8, 4) is 0 Å². The molecule has 2 aromatic rings. The van der Waals surface area contributed by atoms with Crippen LogP contribution in [-0.2, 0) is 29.2 Å². The number of fused-ring (bicyclic) bond motifs is 1. The zero-order valence-electron chi connectivity index (χ0n) is 28.3. The molecule has 3 aliphatic carbocycles. The van der Waals surface area contributed by atoms with Crippen LogP contribution in [0.15, 0.2) is 52.4 Å². The van der Waals surface area contributed by atoms with Crippen molar-refractivity contribution in [2.24, 2.45) is 17.3 Å². The second-order valence-electron chi connectivity index (χ2n) is 15.1. The van der Waals surface area contributed by atoms with Crippen molar-refractivity contribution in [2.45, 2.75) is 94.6 Å². The van der Waals surface area contributed by atoms with Crippen LogP contribution in [0.3, 0.4) is 0 Å². The van der Waals surface area contributed by atoms with Gasteiger partial charge in [0, 0.05) is 24.9 Å². The van der Waals surface area contributed by atoms with E-state index in [2.05, 4.69) is 27.3 Å². The van der Waals surface area contributed by atoms with Crippen LogP contribution in [0.1, 0.15) is 76.1 Å². The van der Waals surface area contributed by atoms with Crippen LogP contribution in [0.2, 0.25) is 0 Å². The fraction of sp³-hybridized carbons (Fsp3) is 0.543. The molecule has 1 aromatic carbocycles. The van der Waals surface area contributed by atoms with Crippen LogP contribution in [0.4, 0.5) is 0 Å². The van der Waals surface area contributed by atoms with Crippen molar-refractivity contribution in [3.05, 3.63) is 59.0 Å². The van der Waals surface area contributed by atoms with E-state index in [1.165, 1.54) is 17.0 Å². The first kappa shape index (κ1) is 35.3. The summed E-state index contributed by atoms with van der Waals surface area (Å²) in [5.41, 5.74) is -2.86. The average Bonchev–Trinajstić information content (AvgIpc) is 3.94. The Morgan fingerprint density at radius 3 is 2.42 bits per heavy atom. The van der Waals surface area contributed by atoms with Gasteiger partial charge in [0.25, 0.3) is 11.8 Å². The van der Waals surface area contributed by atoms with Gasteiger partial charge in [-0.25, -0.2) is 8.42 Å². The molecule has 15 heteroatoms. The second kappa shape index (κ2) is 13.0. The minimum atomic E-state index is -3.92. The molecule has 1 aliphatic heterocycles. The highest BCUT2D eigenvalue weighted by Crippen LogP contribution is 2.45. The van der Waals surface area contributed by atoms with E-state index in [0.717, 1.165) is 19.1 Å². The molecule has 2 unspecified atom stereocenters. The van der Waals surface area contributed by atoms with E-state index < -0.39 is 79.3 Å². The van der Waals surface area contributed by atoms with Crippen molar-refractivity contribution < 1.29 is 36.8 Å². The first-order valence-electron chi connectivity index (χ1n) is 17.0. The van der Waals surface area contributed by atoms with E-state index in [1.807, 2.05) is 0 Å². The molecule has 268 valence electrons. The summed E-state index contributed by atoms with van der Waals surface area (Å²) < 4.78 is 32.9. The van der Waals surface area contributed by atoms with E-state index in [9.17, 15) is 37.2 Å². The van der Waals surface area contributed by atoms with Crippen LogP contribution >= 0.6 is 0 Å². The predicted octanol–water partition coefficient (Wildman–Crippen LogP) is 1.49. The number of nitrogens with one attached hydrogen (secondary N) is 4. The number of rotatable bonds is 12. The number of likely N-dealkylation sites (tertiary alicyclic amines) is 1. The molecular formula is C35H43N5O9S. The highest BCUT2D eigenvalue weighted by molar-refractivity contribution is 7.91. The minimum Gasteiger partial charge on any atom is -0.463 e. The van der Waals surface area contributed by atoms with Crippen LogP contribution in [0.25, 0.3) is 11.0 Å². The Kier molecular flexibility index (Phi) is 9.16. The van der Waals surface area contributed by atoms with Gasteiger partial charge in [-0.1, -0.05) is 39.0 Å². The highest BCUT2D eigenvalue weighted by atomic mass is 32.2. The average molecular weight is 710 g/mol. The molecule has 2 heterocycles. The summed E-state index contributed by atoms with van der Waals surface area (Å²) in [4.78, 5) is 82.6. The molecule has 0 radical (unpaired) electrons. The summed E-state index contributed by atoms with van der Waals surface area (Å²) in [5, 5.41) is 7.89. The first-order valence-corrected chi connectivity index (χ1v) is 18.5. The van der Waals surface area contributed by atoms with E-state index in [0.29, 0.717) is 18.4 Å². The van der Waals surface area contributed by atoms with Gasteiger partial charge in [-0.2, -0.15) is 0 Å². The lowest BCUT2D eigenvalue weighted by molar-refractivity contribution is -0.144. The maximum Gasteiger partial charge on any atom is 0.259 e. The predicted molar refractivity (Wildman–Crippen MR) is 182 cm³/mol. The van der Waals surface area contributed by atoms with Gasteiger partial charge >= 0.3 is 0 Å². The van der Waals surface area contributed by atoms with Crippen LogP contribution in [0.5, 0.6) is 0 Å². The maximum atomic E-state index is 14.3. The van der Waals surface area contributed by atoms with Crippen LogP contribution < -0.4 is 26.1 Å². The summed E-state index contributed by atoms with van der Waals surface area (Å²) in [6.45, 7) is 8.94. The molecule has 0 spiro atoms. The summed E-state index contributed by atoms with van der Waals surface area (Å²) in [7, 11) is -3.92. The molecule has 5 atom stereocenters. The standard InChI is InChI=1S/C35H43N5O9S/c1-5-20-16-35(20,33(46)39-50(47,48)22-12-13-22)38-31(44)25-15-21(36-30(43)24-18-49-26-9-7-6-8-23(26)28(24)42)17-40(25)32(45)29(34(2,3)4)37-27(41)14-19-10-11-19/h5-9,18-22,25,29H,1,10-17H2,2-4H3,(H,36,43)(H,37,41)(H,38,44)(H,39,46)/t20?,21-,25+,29-,35?/m1/s1. The third kappa shape index (κ3) is 7.18. The molecule has 1 aromatic heterocycles. The topological polar surface area (TPSA) is 201 Å². The molecule has 3 saturated carbocycles. The van der Waals surface area contributed by atoms with Gasteiger partial charge in [-0.3, -0.25) is 33.5 Å². The number of carbonyl (C=O) groups excluding carboxylic acids is 5. The van der Waals surface area contributed by atoms with Crippen molar-refractivity contribution in [2.75, 3.05) is 6.54 Å². The fourth-order valence-corrected chi connectivity index (χ4v) is 7.93. The van der Waals surface area contributed by atoms with Gasteiger partial charge < -0.3 is 25.3 Å². The molecule has 14 nitrogen and oxygen atoms in total. The summed E-state index contributed by atoms with van der Waals surface area (Å²) in [6.07, 6.45) is 5.57. The lowest BCUT2D eigenvalue weighted by Crippen LogP contribution is -2.60. The number of para-hydroxylation sites is 1. The van der Waals surface area contributed by atoms with Gasteiger partial charge in [0.05, 0.1) is 10.6 Å². The number of hydrogen-bond acceptors (Lipinski definition) is 9. The van der Waals surface area contributed by atoms with Gasteiger partial charge in [-0.05, 0) is 62.0 Å². The number of amides is 5. The van der Waals surface area contributed by atoms with Crippen LogP contribution in [-0.4, -0.2) is 78.3 Å². The Morgan fingerprint density at radius 2 is 1.80 bits per heavy atom. The smallest absolute Gasteiger partial charge is 0.259 e. The monoisotopic (exact) mass is 709 g/mol. The zero-order chi connectivity index (χ0) is 36.2. The Labute approximate surface area is 289 Å². The Balaban J connectivity index is 1.26. The highest BCUT2D eigenvalue weighted by Gasteiger charge is 2.62. The number of sulfonamides is 1. The minimum absolute atomic E-state index is 0.0913. The Morgan fingerprint density at radius 1 is 1.10 bits per heavy atom. The number of carbonyl (C=O) groups is 5. The molecule has 5 amide bonds. The Hall–Kier alpha value is -4.53. The summed E-state index contributed by atoms with van der Waals surface area (Å²) >= 11 is 0. The van der Waals surface area contributed by atoms with Crippen LogP contribution in [0, 0.1) is 17.3 Å². The molecule has 4 N–H and O–H groups in total. The van der Waals surface area contributed by atoms with Crippen molar-refractivity contribution in [3.63, 3.8) is 0 Å². The number of nitrogens with zero attached hydrogens (tertiary/aromatic N) is 1. The zero-order valence-corrected chi connectivity index (χ0v) is 29.1. The van der Waals surface area contributed by atoms with Gasteiger partial charge in [0.1, 0.15) is 35.0 Å². The molecule has 50 heavy (non-hydrogen) atoms. The molecule has 4 fully saturated rings. The molecule has 4 aliphatic rings. The van der Waals surface area contributed by atoms with Gasteiger partial charge in [-0.15, -0.1) is 6.58 Å². The molecule has 1 saturated heterocycles. The summed E-state index contributed by atoms with van der Waals surface area (Å²) in [6, 6.07) is 3.40. The third-order valence-corrected chi connectivity index (χ3v) is 11.8. The fourth-order valence-electron chi connectivity index (χ4n) is 6.57. The molecule has 0 bridgehead atoms. The van der Waals surface area contributed by atoms with Crippen molar-refractivity contribution >= 4 is 50.5 Å².